The van der Waals surface area contributed by atoms with Crippen LogP contribution in [0.3, 0.4) is 0 Å². The minimum Gasteiger partial charge on any atom is -0.465 e. The number of rotatable bonds is 8. The van der Waals surface area contributed by atoms with E-state index in [-0.39, 0.29) is 30.6 Å². The molecule has 1 aliphatic carbocycles. The Hall–Kier alpha value is -1.44. The molecule has 180 valence electrons. The Balaban J connectivity index is 2.00. The van der Waals surface area contributed by atoms with Crippen molar-refractivity contribution in [1.82, 2.24) is 0 Å². The predicted octanol–water partition coefficient (Wildman–Crippen LogP) is 5.75. The Morgan fingerprint density at radius 2 is 1.88 bits per heavy atom. The number of carbonyl (C=O) groups excluding carboxylic acids is 2. The van der Waals surface area contributed by atoms with Crippen LogP contribution in [0.15, 0.2) is 6.07 Å². The van der Waals surface area contributed by atoms with Gasteiger partial charge in [-0.1, -0.05) is 34.1 Å². The second-order valence-corrected chi connectivity index (χ2v) is 11.0. The molecule has 1 aromatic heterocycles. The lowest BCUT2D eigenvalue weighted by molar-refractivity contribution is -0.130. The van der Waals surface area contributed by atoms with E-state index >= 15 is 0 Å². The molecule has 7 heteroatoms. The van der Waals surface area contributed by atoms with Crippen LogP contribution in [-0.4, -0.2) is 45.0 Å². The van der Waals surface area contributed by atoms with Gasteiger partial charge < -0.3 is 19.1 Å². The number of hydrogen-bond donors (Lipinski definition) is 0. The van der Waals surface area contributed by atoms with Crippen molar-refractivity contribution in [3.63, 3.8) is 0 Å². The third kappa shape index (κ3) is 5.72. The Kier molecular flexibility index (Phi) is 8.75. The fourth-order valence-corrected chi connectivity index (χ4v) is 6.11. The van der Waals surface area contributed by atoms with Crippen LogP contribution in [0.2, 0.25) is 0 Å². The summed E-state index contributed by atoms with van der Waals surface area (Å²) in [4.78, 5) is 30.0. The standard InChI is InChI=1S/C25H39NO5S/c1-6-8-17(7-2)23(27)26(19-14-30-16-31-15-19)20-13-21(32-22(20)24(28)29-5)18-9-11-25(3,4)12-10-18/h13,17-19H,6-12,14-16H2,1-5H3. The van der Waals surface area contributed by atoms with Gasteiger partial charge in [-0.15, -0.1) is 11.3 Å². The number of thiophene rings is 1. The van der Waals surface area contributed by atoms with Crippen molar-refractivity contribution < 1.29 is 23.8 Å². The second-order valence-electron chi connectivity index (χ2n) is 9.91. The Morgan fingerprint density at radius 3 is 2.44 bits per heavy atom. The number of methoxy groups -OCH3 is 1. The number of esters is 1. The summed E-state index contributed by atoms with van der Waals surface area (Å²) in [5.74, 6) is -0.0102. The molecule has 2 heterocycles. The molecule has 1 unspecified atom stereocenters. The molecule has 1 aromatic rings. The molecule has 3 rings (SSSR count). The molecule has 2 aliphatic rings. The SMILES string of the molecule is CCCC(CC)C(=O)N(c1cc(C2CCC(C)(C)CC2)sc1C(=O)OC)C1COCOC1. The average Bonchev–Trinajstić information content (AvgIpc) is 3.22. The van der Waals surface area contributed by atoms with Crippen LogP contribution in [0.1, 0.15) is 93.1 Å². The van der Waals surface area contributed by atoms with Gasteiger partial charge in [0, 0.05) is 10.8 Å². The summed E-state index contributed by atoms with van der Waals surface area (Å²) in [5, 5.41) is 0. The van der Waals surface area contributed by atoms with Gasteiger partial charge in [-0.3, -0.25) is 4.79 Å². The molecule has 1 aliphatic heterocycles. The van der Waals surface area contributed by atoms with E-state index < -0.39 is 0 Å². The fourth-order valence-electron chi connectivity index (χ4n) is 4.87. The number of ether oxygens (including phenoxy) is 3. The molecule has 6 nitrogen and oxygen atoms in total. The molecular weight excluding hydrogens is 426 g/mol. The highest BCUT2D eigenvalue weighted by atomic mass is 32.1. The quantitative estimate of drug-likeness (QED) is 0.457. The summed E-state index contributed by atoms with van der Waals surface area (Å²) in [6, 6.07) is 1.82. The van der Waals surface area contributed by atoms with Gasteiger partial charge in [0.15, 0.2) is 0 Å². The molecule has 0 bridgehead atoms. The van der Waals surface area contributed by atoms with Crippen molar-refractivity contribution in [3.8, 4) is 0 Å². The van der Waals surface area contributed by atoms with Gasteiger partial charge in [0.05, 0.1) is 32.1 Å². The summed E-state index contributed by atoms with van der Waals surface area (Å²) in [6.07, 6.45) is 7.06. The minimum absolute atomic E-state index is 0.0488. The lowest BCUT2D eigenvalue weighted by atomic mass is 9.73. The molecule has 32 heavy (non-hydrogen) atoms. The van der Waals surface area contributed by atoms with Gasteiger partial charge in [-0.2, -0.15) is 0 Å². The zero-order chi connectivity index (χ0) is 23.3. The number of amides is 1. The number of anilines is 1. The van der Waals surface area contributed by atoms with Gasteiger partial charge in [0.1, 0.15) is 11.7 Å². The van der Waals surface area contributed by atoms with Gasteiger partial charge in [0.25, 0.3) is 0 Å². The van der Waals surface area contributed by atoms with Gasteiger partial charge in [-0.05, 0) is 55.9 Å². The summed E-state index contributed by atoms with van der Waals surface area (Å²) < 4.78 is 16.2. The summed E-state index contributed by atoms with van der Waals surface area (Å²) in [6.45, 7) is 9.83. The summed E-state index contributed by atoms with van der Waals surface area (Å²) >= 11 is 1.49. The molecule has 0 radical (unpaired) electrons. The molecule has 1 saturated heterocycles. The molecule has 2 fully saturated rings. The summed E-state index contributed by atoms with van der Waals surface area (Å²) in [5.41, 5.74) is 1.04. The van der Waals surface area contributed by atoms with E-state index in [0.29, 0.717) is 35.1 Å². The highest BCUT2D eigenvalue weighted by Gasteiger charge is 2.37. The van der Waals surface area contributed by atoms with Crippen LogP contribution in [-0.2, 0) is 19.0 Å². The van der Waals surface area contributed by atoms with E-state index in [9.17, 15) is 9.59 Å². The first kappa shape index (κ1) is 25.2. The average molecular weight is 466 g/mol. The van der Waals surface area contributed by atoms with Gasteiger partial charge in [0.2, 0.25) is 5.91 Å². The molecule has 0 spiro atoms. The van der Waals surface area contributed by atoms with Crippen molar-refractivity contribution in [2.75, 3.05) is 32.0 Å². The first-order valence-electron chi connectivity index (χ1n) is 12.0. The molecule has 0 N–H and O–H groups in total. The lowest BCUT2D eigenvalue weighted by Crippen LogP contribution is -2.50. The Morgan fingerprint density at radius 1 is 1.22 bits per heavy atom. The highest BCUT2D eigenvalue weighted by molar-refractivity contribution is 7.14. The second kappa shape index (κ2) is 11.1. The molecule has 1 saturated carbocycles. The maximum Gasteiger partial charge on any atom is 0.350 e. The normalized spacial score (nSPS) is 20.7. The van der Waals surface area contributed by atoms with Crippen LogP contribution < -0.4 is 4.90 Å². The molecule has 0 aromatic carbocycles. The van der Waals surface area contributed by atoms with Crippen molar-refractivity contribution in [3.05, 3.63) is 15.8 Å². The van der Waals surface area contributed by atoms with Crippen molar-refractivity contribution in [2.24, 2.45) is 11.3 Å². The van der Waals surface area contributed by atoms with Crippen molar-refractivity contribution >= 4 is 28.9 Å². The lowest BCUT2D eigenvalue weighted by Gasteiger charge is -2.36. The number of carbonyl (C=O) groups is 2. The maximum absolute atomic E-state index is 13.8. The maximum atomic E-state index is 13.8. The fraction of sp³-hybridized carbons (Fsp3) is 0.760. The zero-order valence-electron chi connectivity index (χ0n) is 20.3. The van der Waals surface area contributed by atoms with Crippen molar-refractivity contribution in [1.29, 1.82) is 0 Å². The summed E-state index contributed by atoms with van der Waals surface area (Å²) in [7, 11) is 1.40. The monoisotopic (exact) mass is 465 g/mol. The van der Waals surface area contributed by atoms with E-state index in [4.69, 9.17) is 14.2 Å². The van der Waals surface area contributed by atoms with Crippen LogP contribution >= 0.6 is 11.3 Å². The van der Waals surface area contributed by atoms with Crippen LogP contribution in [0.5, 0.6) is 0 Å². The van der Waals surface area contributed by atoms with Gasteiger partial charge >= 0.3 is 5.97 Å². The Labute approximate surface area is 196 Å². The van der Waals surface area contributed by atoms with E-state index in [2.05, 4.69) is 26.8 Å². The first-order valence-corrected chi connectivity index (χ1v) is 12.8. The zero-order valence-corrected chi connectivity index (χ0v) is 21.1. The molecule has 1 atom stereocenters. The minimum atomic E-state index is -0.383. The largest absolute Gasteiger partial charge is 0.465 e. The Bertz CT molecular complexity index is 773. The van der Waals surface area contributed by atoms with Gasteiger partial charge in [-0.25, -0.2) is 4.79 Å². The van der Waals surface area contributed by atoms with E-state index in [1.54, 1.807) is 4.90 Å². The predicted molar refractivity (Wildman–Crippen MR) is 127 cm³/mol. The van der Waals surface area contributed by atoms with Crippen molar-refractivity contribution in [2.45, 2.75) is 84.6 Å². The molecule has 1 amide bonds. The third-order valence-electron chi connectivity index (χ3n) is 6.97. The number of hydrogen-bond acceptors (Lipinski definition) is 6. The van der Waals surface area contributed by atoms with Crippen LogP contribution in [0, 0.1) is 11.3 Å². The molecular formula is C25H39NO5S. The van der Waals surface area contributed by atoms with Crippen LogP contribution in [0.25, 0.3) is 0 Å². The van der Waals surface area contributed by atoms with Crippen LogP contribution in [0.4, 0.5) is 5.69 Å². The topological polar surface area (TPSA) is 65.1 Å². The first-order chi connectivity index (χ1) is 15.3. The highest BCUT2D eigenvalue weighted by Crippen LogP contribution is 2.46. The number of nitrogens with zero attached hydrogens (tertiary/aromatic N) is 1. The smallest absolute Gasteiger partial charge is 0.350 e. The van der Waals surface area contributed by atoms with E-state index in [0.717, 1.165) is 32.1 Å². The third-order valence-corrected chi connectivity index (χ3v) is 8.24. The van der Waals surface area contributed by atoms with E-state index in [1.165, 1.54) is 36.2 Å². The van der Waals surface area contributed by atoms with E-state index in [1.807, 2.05) is 6.92 Å².